The molecule has 2 aromatic rings. The number of hydrogen-bond donors (Lipinski definition) is 2. The molecule has 5 nitrogen and oxygen atoms in total. The summed E-state index contributed by atoms with van der Waals surface area (Å²) in [7, 11) is 0. The van der Waals surface area contributed by atoms with E-state index in [2.05, 4.69) is 24.5 Å². The van der Waals surface area contributed by atoms with Crippen molar-refractivity contribution in [1.82, 2.24) is 5.32 Å². The van der Waals surface area contributed by atoms with Crippen LogP contribution in [-0.2, 0) is 0 Å². The van der Waals surface area contributed by atoms with Gasteiger partial charge in [0.25, 0.3) is 5.91 Å². The number of thiocarbonyl (C=S) groups is 1. The standard InChI is InChI=1S/C20H24N2O3S/c1-4-24-16-11-9-15(10-12-16)21-20(26)22-19(23)17-7-5-6-8-18(17)25-13-14(2)3/h5-12,14H,4,13H2,1-3H3,(H2,21,22,23,26). The summed E-state index contributed by atoms with van der Waals surface area (Å²) in [6.07, 6.45) is 0. The van der Waals surface area contributed by atoms with Crippen molar-refractivity contribution in [3.8, 4) is 11.5 Å². The Labute approximate surface area is 159 Å². The third-order valence-electron chi connectivity index (χ3n) is 3.35. The SMILES string of the molecule is CCOc1ccc(NC(=S)NC(=O)c2ccccc2OCC(C)C)cc1. The Morgan fingerprint density at radius 2 is 1.77 bits per heavy atom. The topological polar surface area (TPSA) is 59.6 Å². The van der Waals surface area contributed by atoms with E-state index in [-0.39, 0.29) is 11.0 Å². The van der Waals surface area contributed by atoms with Crippen molar-refractivity contribution >= 4 is 28.9 Å². The molecule has 0 fully saturated rings. The average Bonchev–Trinajstić information content (AvgIpc) is 2.62. The Morgan fingerprint density at radius 3 is 2.42 bits per heavy atom. The van der Waals surface area contributed by atoms with Crippen LogP contribution in [0.5, 0.6) is 11.5 Å². The van der Waals surface area contributed by atoms with Crippen LogP contribution in [0, 0.1) is 5.92 Å². The summed E-state index contributed by atoms with van der Waals surface area (Å²) in [5.74, 6) is 1.38. The lowest BCUT2D eigenvalue weighted by molar-refractivity contribution is 0.0973. The Bertz CT molecular complexity index is 745. The summed E-state index contributed by atoms with van der Waals surface area (Å²) in [5, 5.41) is 5.89. The monoisotopic (exact) mass is 372 g/mol. The van der Waals surface area contributed by atoms with E-state index in [4.69, 9.17) is 21.7 Å². The zero-order valence-electron chi connectivity index (χ0n) is 15.2. The number of ether oxygens (including phenoxy) is 2. The molecule has 2 N–H and O–H groups in total. The molecule has 0 aliphatic carbocycles. The van der Waals surface area contributed by atoms with Crippen molar-refractivity contribution in [2.45, 2.75) is 20.8 Å². The minimum atomic E-state index is -0.312. The molecule has 0 saturated carbocycles. The van der Waals surface area contributed by atoms with Crippen LogP contribution < -0.4 is 20.1 Å². The lowest BCUT2D eigenvalue weighted by Gasteiger charge is -2.14. The molecule has 0 aliphatic rings. The second-order valence-electron chi connectivity index (χ2n) is 6.07. The van der Waals surface area contributed by atoms with Crippen LogP contribution in [0.25, 0.3) is 0 Å². The lowest BCUT2D eigenvalue weighted by Crippen LogP contribution is -2.34. The predicted octanol–water partition coefficient (Wildman–Crippen LogP) is 4.25. The van der Waals surface area contributed by atoms with Gasteiger partial charge >= 0.3 is 0 Å². The predicted molar refractivity (Wildman–Crippen MR) is 108 cm³/mol. The molecule has 0 aliphatic heterocycles. The first-order valence-corrected chi connectivity index (χ1v) is 8.97. The van der Waals surface area contributed by atoms with Crippen molar-refractivity contribution in [2.75, 3.05) is 18.5 Å². The van der Waals surface area contributed by atoms with Crippen LogP contribution in [0.1, 0.15) is 31.1 Å². The smallest absolute Gasteiger partial charge is 0.261 e. The average molecular weight is 372 g/mol. The molecule has 0 spiro atoms. The summed E-state index contributed by atoms with van der Waals surface area (Å²) in [6, 6.07) is 14.5. The van der Waals surface area contributed by atoms with Crippen LogP contribution in [0.2, 0.25) is 0 Å². The highest BCUT2D eigenvalue weighted by atomic mass is 32.1. The van der Waals surface area contributed by atoms with Crippen molar-refractivity contribution < 1.29 is 14.3 Å². The number of carbonyl (C=O) groups is 1. The first-order chi connectivity index (χ1) is 12.5. The number of nitrogens with one attached hydrogen (secondary N) is 2. The van der Waals surface area contributed by atoms with Crippen LogP contribution in [0.15, 0.2) is 48.5 Å². The molecule has 0 bridgehead atoms. The second-order valence-corrected chi connectivity index (χ2v) is 6.47. The highest BCUT2D eigenvalue weighted by molar-refractivity contribution is 7.80. The van der Waals surface area contributed by atoms with E-state index in [1.54, 1.807) is 18.2 Å². The summed E-state index contributed by atoms with van der Waals surface area (Å²) in [4.78, 5) is 12.5. The van der Waals surface area contributed by atoms with Crippen LogP contribution in [-0.4, -0.2) is 24.2 Å². The normalized spacial score (nSPS) is 10.3. The Hall–Kier alpha value is -2.60. The molecule has 0 radical (unpaired) electrons. The molecule has 0 heterocycles. The molecule has 2 rings (SSSR count). The number of carbonyl (C=O) groups excluding carboxylic acids is 1. The Kier molecular flexibility index (Phi) is 7.41. The van der Waals surface area contributed by atoms with Crippen LogP contribution in [0.3, 0.4) is 0 Å². The van der Waals surface area contributed by atoms with Gasteiger partial charge in [-0.05, 0) is 61.5 Å². The van der Waals surface area contributed by atoms with E-state index in [0.29, 0.717) is 30.4 Å². The number of amides is 1. The Morgan fingerprint density at radius 1 is 1.08 bits per heavy atom. The molecule has 0 saturated heterocycles. The second kappa shape index (κ2) is 9.77. The first kappa shape index (κ1) is 19.7. The fourth-order valence-electron chi connectivity index (χ4n) is 2.17. The maximum atomic E-state index is 12.5. The van der Waals surface area contributed by atoms with E-state index in [0.717, 1.165) is 11.4 Å². The van der Waals surface area contributed by atoms with Gasteiger partial charge in [-0.25, -0.2) is 0 Å². The molecule has 6 heteroatoms. The van der Waals surface area contributed by atoms with E-state index in [1.165, 1.54) is 0 Å². The molecule has 0 atom stereocenters. The number of anilines is 1. The van der Waals surface area contributed by atoms with Gasteiger partial charge in [0.15, 0.2) is 5.11 Å². The summed E-state index contributed by atoms with van der Waals surface area (Å²) >= 11 is 5.23. The minimum absolute atomic E-state index is 0.220. The maximum Gasteiger partial charge on any atom is 0.261 e. The van der Waals surface area contributed by atoms with Gasteiger partial charge in [0.05, 0.1) is 18.8 Å². The number of hydrogen-bond acceptors (Lipinski definition) is 4. The van der Waals surface area contributed by atoms with Gasteiger partial charge in [-0.15, -0.1) is 0 Å². The quantitative estimate of drug-likeness (QED) is 0.712. The van der Waals surface area contributed by atoms with Crippen molar-refractivity contribution in [3.63, 3.8) is 0 Å². The van der Waals surface area contributed by atoms with Gasteiger partial charge < -0.3 is 14.8 Å². The van der Waals surface area contributed by atoms with Crippen molar-refractivity contribution in [1.29, 1.82) is 0 Å². The fraction of sp³-hybridized carbons (Fsp3) is 0.300. The summed E-state index contributed by atoms with van der Waals surface area (Å²) in [5.41, 5.74) is 1.21. The molecule has 138 valence electrons. The van der Waals surface area contributed by atoms with Gasteiger partial charge in [-0.2, -0.15) is 0 Å². The highest BCUT2D eigenvalue weighted by Crippen LogP contribution is 2.19. The van der Waals surface area contributed by atoms with Gasteiger partial charge in [-0.1, -0.05) is 26.0 Å². The number of rotatable bonds is 7. The Balaban J connectivity index is 1.97. The first-order valence-electron chi connectivity index (χ1n) is 8.56. The summed E-state index contributed by atoms with van der Waals surface area (Å²) < 4.78 is 11.1. The van der Waals surface area contributed by atoms with Gasteiger partial charge in [0.1, 0.15) is 11.5 Å². The van der Waals surface area contributed by atoms with E-state index in [9.17, 15) is 4.79 Å². The molecule has 0 aromatic heterocycles. The highest BCUT2D eigenvalue weighted by Gasteiger charge is 2.14. The largest absolute Gasteiger partial charge is 0.494 e. The minimum Gasteiger partial charge on any atom is -0.494 e. The maximum absolute atomic E-state index is 12.5. The molecule has 2 aromatic carbocycles. The number of para-hydroxylation sites is 1. The zero-order valence-corrected chi connectivity index (χ0v) is 16.1. The lowest BCUT2D eigenvalue weighted by atomic mass is 10.2. The summed E-state index contributed by atoms with van der Waals surface area (Å²) in [6.45, 7) is 7.19. The van der Waals surface area contributed by atoms with Gasteiger partial charge in [0, 0.05) is 5.69 Å². The molecular formula is C20H24N2O3S. The van der Waals surface area contributed by atoms with E-state index in [1.807, 2.05) is 37.3 Å². The van der Waals surface area contributed by atoms with Crippen molar-refractivity contribution in [3.05, 3.63) is 54.1 Å². The fourth-order valence-corrected chi connectivity index (χ4v) is 2.38. The van der Waals surface area contributed by atoms with Crippen molar-refractivity contribution in [2.24, 2.45) is 5.92 Å². The molecule has 0 unspecified atom stereocenters. The van der Waals surface area contributed by atoms with Crippen LogP contribution in [0.4, 0.5) is 5.69 Å². The van der Waals surface area contributed by atoms with Crippen LogP contribution >= 0.6 is 12.2 Å². The third kappa shape index (κ3) is 6.04. The van der Waals surface area contributed by atoms with Gasteiger partial charge in [0.2, 0.25) is 0 Å². The number of benzene rings is 2. The molecule has 1 amide bonds. The zero-order chi connectivity index (χ0) is 18.9. The molecule has 26 heavy (non-hydrogen) atoms. The third-order valence-corrected chi connectivity index (χ3v) is 3.56. The van der Waals surface area contributed by atoms with E-state index < -0.39 is 0 Å². The van der Waals surface area contributed by atoms with E-state index >= 15 is 0 Å². The van der Waals surface area contributed by atoms with Gasteiger partial charge in [-0.3, -0.25) is 10.1 Å². The molecular weight excluding hydrogens is 348 g/mol.